The van der Waals surface area contributed by atoms with Crippen molar-refractivity contribution >= 4 is 11.7 Å². The molecule has 0 bridgehead atoms. The second kappa shape index (κ2) is 12.5. The van der Waals surface area contributed by atoms with E-state index in [-0.39, 0.29) is 0 Å². The third-order valence-corrected chi connectivity index (χ3v) is 1.80. The fourth-order valence-electron chi connectivity index (χ4n) is 1.00. The Bertz CT molecular complexity index is 377. The quantitative estimate of drug-likeness (QED) is 0.365. The lowest BCUT2D eigenvalue weighted by Crippen LogP contribution is -2.14. The van der Waals surface area contributed by atoms with E-state index >= 15 is 0 Å². The summed E-state index contributed by atoms with van der Waals surface area (Å²) in [4.78, 5) is 0. The molecule has 0 radical (unpaired) electrons. The number of nitrogens with two attached hydrogens (primary N) is 4. The predicted molar refractivity (Wildman–Crippen MR) is 83.8 cm³/mol. The maximum atomic E-state index is 5.69. The van der Waals surface area contributed by atoms with E-state index in [1.165, 1.54) is 7.05 Å². The Kier molecular flexibility index (Phi) is 12.8. The topological polar surface area (TPSA) is 129 Å². The molecule has 1 rings (SSSR count). The largest absolute Gasteiger partial charge is 0.386 e. The maximum Gasteiger partial charge on any atom is 0.153 e. The van der Waals surface area contributed by atoms with Gasteiger partial charge in [0.15, 0.2) is 5.84 Å². The van der Waals surface area contributed by atoms with E-state index < -0.39 is 0 Å². The van der Waals surface area contributed by atoms with Crippen LogP contribution < -0.4 is 22.9 Å². The molecule has 0 unspecified atom stereocenters. The lowest BCUT2D eigenvalue weighted by molar-refractivity contribution is 1.07. The molecule has 0 saturated heterocycles. The van der Waals surface area contributed by atoms with Crippen LogP contribution in [0.3, 0.4) is 0 Å². The number of hydrogen-bond acceptors (Lipinski definition) is 4. The van der Waals surface area contributed by atoms with Crippen LogP contribution in [0.2, 0.25) is 0 Å². The van der Waals surface area contributed by atoms with Crippen LogP contribution in [0.25, 0.3) is 0 Å². The van der Waals surface area contributed by atoms with Crippen LogP contribution in [-0.4, -0.2) is 18.7 Å². The Labute approximate surface area is 115 Å². The van der Waals surface area contributed by atoms with E-state index in [4.69, 9.17) is 17.2 Å². The van der Waals surface area contributed by atoms with Gasteiger partial charge in [-0.3, -0.25) is 0 Å². The zero-order chi connectivity index (χ0) is 15.3. The highest BCUT2D eigenvalue weighted by molar-refractivity contribution is 5.97. The Morgan fingerprint density at radius 1 is 1.00 bits per heavy atom. The molecule has 0 atom stereocenters. The summed E-state index contributed by atoms with van der Waals surface area (Å²) in [6.07, 6.45) is 0. The molecular weight excluding hydrogens is 240 g/mol. The van der Waals surface area contributed by atoms with Crippen molar-refractivity contribution in [1.29, 1.82) is 0 Å². The van der Waals surface area contributed by atoms with E-state index in [0.29, 0.717) is 18.2 Å². The molecule has 0 heterocycles. The summed E-state index contributed by atoms with van der Waals surface area (Å²) in [5.74, 6) is 0.708. The lowest BCUT2D eigenvalue weighted by atomic mass is 10.1. The summed E-state index contributed by atoms with van der Waals surface area (Å²) in [5.41, 5.74) is 22.9. The molecule has 108 valence electrons. The molecule has 0 aromatic heterocycles. The van der Waals surface area contributed by atoms with Crippen molar-refractivity contribution < 1.29 is 0 Å². The zero-order valence-corrected chi connectivity index (χ0v) is 12.2. The second-order valence-corrected chi connectivity index (χ2v) is 3.13. The standard InChI is InChI=1S/C10H15N5.C2H6.CH5N/c1-7(12)14-15-10(13)9-4-2-8(6-11)3-5-9;2*1-2/h2-5H,6,11H2,1H3,(H2,12,14)(H2,13,15);1-2H3;2H2,1H3. The molecule has 0 aliphatic rings. The Balaban J connectivity index is 0. The summed E-state index contributed by atoms with van der Waals surface area (Å²) in [6, 6.07) is 7.50. The summed E-state index contributed by atoms with van der Waals surface area (Å²) in [6.45, 7) is 6.16. The second-order valence-electron chi connectivity index (χ2n) is 3.13. The smallest absolute Gasteiger partial charge is 0.153 e. The first-order chi connectivity index (χ1) is 9.13. The van der Waals surface area contributed by atoms with Crippen molar-refractivity contribution in [3.05, 3.63) is 35.4 Å². The van der Waals surface area contributed by atoms with Gasteiger partial charge >= 0.3 is 0 Å². The molecule has 0 saturated carbocycles. The van der Waals surface area contributed by atoms with Crippen molar-refractivity contribution in [2.45, 2.75) is 27.3 Å². The van der Waals surface area contributed by atoms with Gasteiger partial charge in [-0.1, -0.05) is 38.1 Å². The number of nitrogens with zero attached hydrogens (tertiary/aromatic N) is 2. The lowest BCUT2D eigenvalue weighted by Gasteiger charge is -2.00. The van der Waals surface area contributed by atoms with E-state index in [1.54, 1.807) is 6.92 Å². The first kappa shape index (κ1) is 19.4. The summed E-state index contributed by atoms with van der Waals surface area (Å²) in [7, 11) is 1.50. The highest BCUT2D eigenvalue weighted by Gasteiger charge is 1.97. The minimum atomic E-state index is 0.336. The van der Waals surface area contributed by atoms with Gasteiger partial charge in [0.25, 0.3) is 0 Å². The van der Waals surface area contributed by atoms with Gasteiger partial charge in [0, 0.05) is 12.1 Å². The first-order valence-corrected chi connectivity index (χ1v) is 6.14. The van der Waals surface area contributed by atoms with Crippen LogP contribution in [0.4, 0.5) is 0 Å². The molecule has 0 aliphatic heterocycles. The highest BCUT2D eigenvalue weighted by atomic mass is 15.2. The average molecular weight is 266 g/mol. The SMILES string of the molecule is C/C(N)=N/N=C(\N)c1ccc(CN)cc1.CC.CN. The maximum absolute atomic E-state index is 5.69. The Morgan fingerprint density at radius 3 is 1.84 bits per heavy atom. The van der Waals surface area contributed by atoms with E-state index in [1.807, 2.05) is 38.1 Å². The van der Waals surface area contributed by atoms with Crippen molar-refractivity contribution in [1.82, 2.24) is 0 Å². The number of benzene rings is 1. The third kappa shape index (κ3) is 8.76. The predicted octanol–water partition coefficient (Wildman–Crippen LogP) is 0.744. The molecule has 19 heavy (non-hydrogen) atoms. The monoisotopic (exact) mass is 266 g/mol. The molecule has 8 N–H and O–H groups in total. The molecule has 1 aromatic carbocycles. The van der Waals surface area contributed by atoms with Gasteiger partial charge in [0.2, 0.25) is 0 Å². The fraction of sp³-hybridized carbons (Fsp3) is 0.385. The first-order valence-electron chi connectivity index (χ1n) is 6.14. The minimum Gasteiger partial charge on any atom is -0.386 e. The molecule has 6 nitrogen and oxygen atoms in total. The van der Waals surface area contributed by atoms with Crippen molar-refractivity contribution in [3.8, 4) is 0 Å². The Morgan fingerprint density at radius 2 is 1.47 bits per heavy atom. The molecule has 6 heteroatoms. The molecule has 0 amide bonds. The highest BCUT2D eigenvalue weighted by Crippen LogP contribution is 2.03. The number of hydrogen-bond donors (Lipinski definition) is 4. The van der Waals surface area contributed by atoms with Gasteiger partial charge in [0.05, 0.1) is 0 Å². The minimum absolute atomic E-state index is 0.336. The summed E-state index contributed by atoms with van der Waals surface area (Å²) in [5, 5.41) is 7.45. The third-order valence-electron chi connectivity index (χ3n) is 1.80. The van der Waals surface area contributed by atoms with E-state index in [9.17, 15) is 0 Å². The van der Waals surface area contributed by atoms with Crippen LogP contribution in [0, 0.1) is 0 Å². The van der Waals surface area contributed by atoms with Gasteiger partial charge < -0.3 is 22.9 Å². The summed E-state index contributed by atoms with van der Waals surface area (Å²) >= 11 is 0. The van der Waals surface area contributed by atoms with Crippen molar-refractivity contribution in [3.63, 3.8) is 0 Å². The fourth-order valence-corrected chi connectivity index (χ4v) is 1.00. The van der Waals surface area contributed by atoms with Crippen LogP contribution >= 0.6 is 0 Å². The summed E-state index contributed by atoms with van der Waals surface area (Å²) < 4.78 is 0. The van der Waals surface area contributed by atoms with Crippen LogP contribution in [0.15, 0.2) is 34.5 Å². The Hall–Kier alpha value is -1.92. The van der Waals surface area contributed by atoms with Gasteiger partial charge in [-0.2, -0.15) is 0 Å². The average Bonchev–Trinajstić information content (AvgIpc) is 2.49. The van der Waals surface area contributed by atoms with Crippen LogP contribution in [0.5, 0.6) is 0 Å². The van der Waals surface area contributed by atoms with Gasteiger partial charge in [0.1, 0.15) is 5.84 Å². The van der Waals surface area contributed by atoms with Crippen molar-refractivity contribution in [2.75, 3.05) is 7.05 Å². The number of rotatable bonds is 3. The van der Waals surface area contributed by atoms with Gasteiger partial charge in [-0.25, -0.2) is 0 Å². The molecule has 0 spiro atoms. The molecule has 0 fully saturated rings. The zero-order valence-electron chi connectivity index (χ0n) is 12.2. The van der Waals surface area contributed by atoms with E-state index in [0.717, 1.165) is 11.1 Å². The van der Waals surface area contributed by atoms with Crippen LogP contribution in [-0.2, 0) is 6.54 Å². The van der Waals surface area contributed by atoms with Crippen LogP contribution in [0.1, 0.15) is 31.9 Å². The number of amidine groups is 2. The molecular formula is C13H26N6. The van der Waals surface area contributed by atoms with Gasteiger partial charge in [-0.15, -0.1) is 10.2 Å². The molecule has 1 aromatic rings. The van der Waals surface area contributed by atoms with E-state index in [2.05, 4.69) is 15.9 Å². The normalized spacial score (nSPS) is 10.8. The molecule has 0 aliphatic carbocycles. The van der Waals surface area contributed by atoms with Crippen molar-refractivity contribution in [2.24, 2.45) is 33.1 Å². The van der Waals surface area contributed by atoms with Gasteiger partial charge in [-0.05, 0) is 19.5 Å².